The van der Waals surface area contributed by atoms with Crippen molar-refractivity contribution < 1.29 is 9.53 Å². The second kappa shape index (κ2) is 5.60. The van der Waals surface area contributed by atoms with Crippen molar-refractivity contribution in [2.45, 2.75) is 13.0 Å². The summed E-state index contributed by atoms with van der Waals surface area (Å²) in [6, 6.07) is 6.90. The molecule has 0 aliphatic heterocycles. The van der Waals surface area contributed by atoms with Crippen LogP contribution in [0.3, 0.4) is 0 Å². The molecule has 0 saturated carbocycles. The highest BCUT2D eigenvalue weighted by molar-refractivity contribution is 6.30. The van der Waals surface area contributed by atoms with Gasteiger partial charge in [-0.05, 0) is 25.1 Å². The average molecular weight is 263 g/mol. The van der Waals surface area contributed by atoms with Crippen molar-refractivity contribution in [3.05, 3.63) is 53.6 Å². The fourth-order valence-corrected chi connectivity index (χ4v) is 1.61. The van der Waals surface area contributed by atoms with Gasteiger partial charge in [0.05, 0.1) is 6.20 Å². The molecule has 0 N–H and O–H groups in total. The second-order valence-electron chi connectivity index (χ2n) is 3.67. The number of ether oxygens (including phenoxy) is 1. The van der Waals surface area contributed by atoms with Crippen LogP contribution in [0.25, 0.3) is 0 Å². The zero-order chi connectivity index (χ0) is 13.0. The summed E-state index contributed by atoms with van der Waals surface area (Å²) in [5, 5.41) is 0.562. The third-order valence-electron chi connectivity index (χ3n) is 2.29. The molecular formula is C13H11ClN2O2. The minimum Gasteiger partial charge on any atom is -0.482 e. The third kappa shape index (κ3) is 3.05. The molecule has 5 heteroatoms. The van der Waals surface area contributed by atoms with E-state index in [1.807, 2.05) is 0 Å². The van der Waals surface area contributed by atoms with Crippen LogP contribution in [0, 0.1) is 0 Å². The lowest BCUT2D eigenvalue weighted by molar-refractivity contribution is 0.0812. The number of hydrogen-bond acceptors (Lipinski definition) is 4. The minimum atomic E-state index is -0.639. The van der Waals surface area contributed by atoms with Crippen molar-refractivity contribution in [2.24, 2.45) is 0 Å². The van der Waals surface area contributed by atoms with E-state index in [1.165, 1.54) is 18.6 Å². The number of rotatable bonds is 4. The Morgan fingerprint density at radius 3 is 2.89 bits per heavy atom. The van der Waals surface area contributed by atoms with Gasteiger partial charge in [-0.15, -0.1) is 0 Å². The molecule has 4 nitrogen and oxygen atoms in total. The Labute approximate surface area is 110 Å². The van der Waals surface area contributed by atoms with Crippen molar-refractivity contribution in [2.75, 3.05) is 0 Å². The van der Waals surface area contributed by atoms with Crippen LogP contribution < -0.4 is 4.74 Å². The SMILES string of the molecule is CC(Oc1cccc(Cl)c1)C(=O)c1cnccn1. The summed E-state index contributed by atoms with van der Waals surface area (Å²) in [6.45, 7) is 1.66. The molecule has 0 saturated heterocycles. The summed E-state index contributed by atoms with van der Waals surface area (Å²) in [7, 11) is 0. The smallest absolute Gasteiger partial charge is 0.222 e. The number of aromatic nitrogens is 2. The molecule has 1 aromatic carbocycles. The van der Waals surface area contributed by atoms with Crippen LogP contribution in [0.2, 0.25) is 5.02 Å². The number of halogens is 1. The lowest BCUT2D eigenvalue weighted by Crippen LogP contribution is -2.24. The maximum absolute atomic E-state index is 12.0. The van der Waals surface area contributed by atoms with Gasteiger partial charge in [0.25, 0.3) is 0 Å². The van der Waals surface area contributed by atoms with E-state index in [1.54, 1.807) is 31.2 Å². The zero-order valence-corrected chi connectivity index (χ0v) is 10.5. The van der Waals surface area contributed by atoms with Gasteiger partial charge in [0.2, 0.25) is 5.78 Å². The first-order chi connectivity index (χ1) is 8.66. The van der Waals surface area contributed by atoms with Gasteiger partial charge in [-0.1, -0.05) is 17.7 Å². The van der Waals surface area contributed by atoms with Crippen LogP contribution in [-0.4, -0.2) is 21.9 Å². The Hall–Kier alpha value is -1.94. The molecule has 18 heavy (non-hydrogen) atoms. The van der Waals surface area contributed by atoms with E-state index >= 15 is 0 Å². The molecule has 92 valence electrons. The van der Waals surface area contributed by atoms with Gasteiger partial charge >= 0.3 is 0 Å². The molecule has 0 fully saturated rings. The highest BCUT2D eigenvalue weighted by atomic mass is 35.5. The number of benzene rings is 1. The van der Waals surface area contributed by atoms with Gasteiger partial charge in [-0.3, -0.25) is 9.78 Å². The van der Waals surface area contributed by atoms with Crippen LogP contribution >= 0.6 is 11.6 Å². The standard InChI is InChI=1S/C13H11ClN2O2/c1-9(13(17)12-8-15-5-6-16-12)18-11-4-2-3-10(14)7-11/h2-9H,1H3. The van der Waals surface area contributed by atoms with Crippen molar-refractivity contribution in [1.82, 2.24) is 9.97 Å². The topological polar surface area (TPSA) is 52.1 Å². The minimum absolute atomic E-state index is 0.219. The van der Waals surface area contributed by atoms with Crippen LogP contribution in [0.15, 0.2) is 42.9 Å². The Bertz CT molecular complexity index is 546. The summed E-state index contributed by atoms with van der Waals surface area (Å²) >= 11 is 5.84. The van der Waals surface area contributed by atoms with Crippen molar-refractivity contribution >= 4 is 17.4 Å². The molecule has 1 heterocycles. The molecule has 0 amide bonds. The number of carbonyl (C=O) groups excluding carboxylic acids is 1. The largest absolute Gasteiger partial charge is 0.482 e. The molecule has 1 aromatic heterocycles. The number of Topliss-reactive ketones (excluding diaryl/α,β-unsaturated/α-hetero) is 1. The normalized spacial score (nSPS) is 11.9. The molecule has 0 bridgehead atoms. The monoisotopic (exact) mass is 262 g/mol. The number of nitrogens with zero attached hydrogens (tertiary/aromatic N) is 2. The highest BCUT2D eigenvalue weighted by Gasteiger charge is 2.18. The van der Waals surface area contributed by atoms with Crippen molar-refractivity contribution in [3.8, 4) is 5.75 Å². The highest BCUT2D eigenvalue weighted by Crippen LogP contribution is 2.19. The maximum Gasteiger partial charge on any atom is 0.222 e. The first-order valence-corrected chi connectivity index (χ1v) is 5.77. The zero-order valence-electron chi connectivity index (χ0n) is 9.71. The summed E-state index contributed by atoms with van der Waals surface area (Å²) in [5.74, 6) is 0.329. The van der Waals surface area contributed by atoms with Crippen LogP contribution in [0.1, 0.15) is 17.4 Å². The third-order valence-corrected chi connectivity index (χ3v) is 2.53. The summed E-state index contributed by atoms with van der Waals surface area (Å²) < 4.78 is 5.51. The molecular weight excluding hydrogens is 252 g/mol. The molecule has 2 aromatic rings. The Morgan fingerprint density at radius 1 is 1.39 bits per heavy atom. The number of ketones is 1. The van der Waals surface area contributed by atoms with Crippen molar-refractivity contribution in [1.29, 1.82) is 0 Å². The summed E-state index contributed by atoms with van der Waals surface area (Å²) in [5.41, 5.74) is 0.284. The second-order valence-corrected chi connectivity index (χ2v) is 4.11. The predicted molar refractivity (Wildman–Crippen MR) is 67.9 cm³/mol. The van der Waals surface area contributed by atoms with E-state index in [9.17, 15) is 4.79 Å². The molecule has 2 rings (SSSR count). The van der Waals surface area contributed by atoms with Crippen LogP contribution in [0.5, 0.6) is 5.75 Å². The molecule has 0 aliphatic carbocycles. The fraction of sp³-hybridized carbons (Fsp3) is 0.154. The van der Waals surface area contributed by atoms with Gasteiger partial charge in [-0.25, -0.2) is 4.98 Å². The fourth-order valence-electron chi connectivity index (χ4n) is 1.43. The number of hydrogen-bond donors (Lipinski definition) is 0. The lowest BCUT2D eigenvalue weighted by atomic mass is 10.2. The van der Waals surface area contributed by atoms with E-state index in [-0.39, 0.29) is 11.5 Å². The van der Waals surface area contributed by atoms with Crippen LogP contribution in [-0.2, 0) is 0 Å². The predicted octanol–water partition coefficient (Wildman–Crippen LogP) is 2.78. The van der Waals surface area contributed by atoms with Gasteiger partial charge < -0.3 is 4.74 Å². The average Bonchev–Trinajstić information content (AvgIpc) is 2.39. The Balaban J connectivity index is 2.09. The van der Waals surface area contributed by atoms with Gasteiger partial charge in [0.1, 0.15) is 11.4 Å². The molecule has 1 atom stereocenters. The van der Waals surface area contributed by atoms with E-state index in [2.05, 4.69) is 9.97 Å². The summed E-state index contributed by atoms with van der Waals surface area (Å²) in [6.07, 6.45) is 3.76. The van der Waals surface area contributed by atoms with Crippen LogP contribution in [0.4, 0.5) is 0 Å². The van der Waals surface area contributed by atoms with Gasteiger partial charge in [0, 0.05) is 17.4 Å². The van der Waals surface area contributed by atoms with E-state index < -0.39 is 6.10 Å². The Morgan fingerprint density at radius 2 is 2.22 bits per heavy atom. The number of carbonyl (C=O) groups is 1. The molecule has 0 radical (unpaired) electrons. The molecule has 0 spiro atoms. The van der Waals surface area contributed by atoms with E-state index in [4.69, 9.17) is 16.3 Å². The molecule has 1 unspecified atom stereocenters. The van der Waals surface area contributed by atoms with Gasteiger partial charge in [-0.2, -0.15) is 0 Å². The lowest BCUT2D eigenvalue weighted by Gasteiger charge is -2.13. The van der Waals surface area contributed by atoms with E-state index in [0.717, 1.165) is 0 Å². The first-order valence-electron chi connectivity index (χ1n) is 5.39. The molecule has 0 aliphatic rings. The maximum atomic E-state index is 12.0. The quantitative estimate of drug-likeness (QED) is 0.795. The van der Waals surface area contributed by atoms with Crippen molar-refractivity contribution in [3.63, 3.8) is 0 Å². The Kier molecular flexibility index (Phi) is 3.89. The first kappa shape index (κ1) is 12.5. The summed E-state index contributed by atoms with van der Waals surface area (Å²) in [4.78, 5) is 19.8. The van der Waals surface area contributed by atoms with Gasteiger partial charge in [0.15, 0.2) is 6.10 Å². The van der Waals surface area contributed by atoms with E-state index in [0.29, 0.717) is 10.8 Å².